The summed E-state index contributed by atoms with van der Waals surface area (Å²) in [5.41, 5.74) is 4.10. The van der Waals surface area contributed by atoms with Crippen molar-refractivity contribution in [2.24, 2.45) is 0 Å². The molecule has 0 bridgehead atoms. The number of aryl methyl sites for hydroxylation is 1. The molecule has 1 N–H and O–H groups in total. The van der Waals surface area contributed by atoms with E-state index in [-0.39, 0.29) is 12.1 Å². The minimum absolute atomic E-state index is 0.223. The third kappa shape index (κ3) is 4.08. The zero-order valence-electron chi connectivity index (χ0n) is 14.8. The highest BCUT2D eigenvalue weighted by atomic mass is 32.2. The quantitative estimate of drug-likeness (QED) is 0.889. The van der Waals surface area contributed by atoms with E-state index in [1.54, 1.807) is 13.8 Å². The van der Waals surface area contributed by atoms with E-state index < -0.39 is 15.3 Å². The van der Waals surface area contributed by atoms with Crippen molar-refractivity contribution in [3.05, 3.63) is 53.9 Å². The average Bonchev–Trinajstić information content (AvgIpc) is 3.03. The number of nitrogens with one attached hydrogen (secondary N) is 1. The van der Waals surface area contributed by atoms with E-state index >= 15 is 0 Å². The number of benzene rings is 1. The lowest BCUT2D eigenvalue weighted by Gasteiger charge is -2.21. The normalized spacial score (nSPS) is 21.0. The van der Waals surface area contributed by atoms with Crippen molar-refractivity contribution in [1.29, 1.82) is 0 Å². The topological polar surface area (TPSA) is 68.3 Å². The summed E-state index contributed by atoms with van der Waals surface area (Å²) in [5.74, 6) is 0. The summed E-state index contributed by atoms with van der Waals surface area (Å²) in [6.45, 7) is 5.87. The molecule has 0 amide bonds. The molecule has 0 radical (unpaired) electrons. The van der Waals surface area contributed by atoms with Crippen LogP contribution in [-0.4, -0.2) is 31.3 Å². The molecular weight excluding hydrogens is 336 g/mol. The van der Waals surface area contributed by atoms with Crippen LogP contribution in [-0.2, 0) is 14.8 Å². The third-order valence-electron chi connectivity index (χ3n) is 4.51. The fourth-order valence-corrected chi connectivity index (χ4v) is 3.83. The lowest BCUT2D eigenvalue weighted by Crippen LogP contribution is -2.40. The first-order valence-corrected chi connectivity index (χ1v) is 10.1. The summed E-state index contributed by atoms with van der Waals surface area (Å²) in [6.07, 6.45) is 2.29. The molecule has 25 heavy (non-hydrogen) atoms. The molecule has 1 aliphatic rings. The first-order valence-electron chi connectivity index (χ1n) is 8.52. The Morgan fingerprint density at radius 3 is 2.40 bits per heavy atom. The largest absolute Gasteiger partial charge is 0.372 e. The van der Waals surface area contributed by atoms with Crippen LogP contribution >= 0.6 is 0 Å². The van der Waals surface area contributed by atoms with Crippen LogP contribution in [0.2, 0.25) is 0 Å². The van der Waals surface area contributed by atoms with Gasteiger partial charge < -0.3 is 4.74 Å². The van der Waals surface area contributed by atoms with Crippen molar-refractivity contribution in [1.82, 2.24) is 9.71 Å². The van der Waals surface area contributed by atoms with E-state index in [1.807, 2.05) is 49.5 Å². The summed E-state index contributed by atoms with van der Waals surface area (Å²) >= 11 is 0. The van der Waals surface area contributed by atoms with E-state index in [0.29, 0.717) is 13.0 Å². The molecule has 1 aromatic heterocycles. The monoisotopic (exact) mass is 360 g/mol. The maximum absolute atomic E-state index is 12.2. The molecule has 134 valence electrons. The van der Waals surface area contributed by atoms with Gasteiger partial charge in [0.1, 0.15) is 0 Å². The molecule has 6 heteroatoms. The molecule has 2 heterocycles. The summed E-state index contributed by atoms with van der Waals surface area (Å²) in [5, 5.41) is -0.454. The molecule has 2 aromatic rings. The molecule has 2 atom stereocenters. The summed E-state index contributed by atoms with van der Waals surface area (Å²) in [4.78, 5) is 4.32. The van der Waals surface area contributed by atoms with Gasteiger partial charge in [0.05, 0.1) is 17.4 Å². The second-order valence-electron chi connectivity index (χ2n) is 6.71. The second-order valence-corrected chi connectivity index (χ2v) is 8.98. The van der Waals surface area contributed by atoms with Crippen molar-refractivity contribution in [2.45, 2.75) is 44.6 Å². The van der Waals surface area contributed by atoms with Gasteiger partial charge in [-0.15, -0.1) is 0 Å². The fourth-order valence-electron chi connectivity index (χ4n) is 2.89. The predicted octanol–water partition coefficient (Wildman–Crippen LogP) is 3.21. The van der Waals surface area contributed by atoms with E-state index in [2.05, 4.69) is 9.71 Å². The Balaban J connectivity index is 1.78. The minimum atomic E-state index is -3.32. The van der Waals surface area contributed by atoms with E-state index in [1.165, 1.54) is 0 Å². The van der Waals surface area contributed by atoms with Crippen LogP contribution in [0, 0.1) is 6.92 Å². The van der Waals surface area contributed by atoms with Crippen molar-refractivity contribution in [2.75, 3.05) is 6.61 Å². The molecular formula is C19H24N2O3S. The van der Waals surface area contributed by atoms with Crippen LogP contribution in [0.15, 0.2) is 42.6 Å². The van der Waals surface area contributed by atoms with Crippen molar-refractivity contribution < 1.29 is 13.2 Å². The Labute approximate surface area is 149 Å². The second kappa shape index (κ2) is 7.23. The third-order valence-corrected chi connectivity index (χ3v) is 6.38. The maximum Gasteiger partial charge on any atom is 0.214 e. The Hall–Kier alpha value is -1.76. The summed E-state index contributed by atoms with van der Waals surface area (Å²) in [7, 11) is -3.32. The number of ether oxygens (including phenoxy) is 1. The number of hydrogen-bond donors (Lipinski definition) is 1. The van der Waals surface area contributed by atoms with Gasteiger partial charge in [-0.25, -0.2) is 13.1 Å². The Morgan fingerprint density at radius 2 is 1.80 bits per heavy atom. The highest BCUT2D eigenvalue weighted by molar-refractivity contribution is 7.90. The maximum atomic E-state index is 12.2. The highest BCUT2D eigenvalue weighted by Gasteiger charge is 2.33. The molecule has 1 saturated heterocycles. The van der Waals surface area contributed by atoms with Crippen LogP contribution in [0.1, 0.15) is 37.6 Å². The molecule has 1 aliphatic heterocycles. The molecule has 0 saturated carbocycles. The minimum Gasteiger partial charge on any atom is -0.372 e. The van der Waals surface area contributed by atoms with Gasteiger partial charge in [-0.1, -0.05) is 30.3 Å². The van der Waals surface area contributed by atoms with Crippen LogP contribution in [0.3, 0.4) is 0 Å². The van der Waals surface area contributed by atoms with Gasteiger partial charge in [0.2, 0.25) is 10.0 Å². The van der Waals surface area contributed by atoms with Gasteiger partial charge in [0.15, 0.2) is 0 Å². The Kier molecular flexibility index (Phi) is 5.22. The smallest absolute Gasteiger partial charge is 0.214 e. The van der Waals surface area contributed by atoms with Crippen molar-refractivity contribution in [3.63, 3.8) is 0 Å². The van der Waals surface area contributed by atoms with Crippen molar-refractivity contribution >= 4 is 10.0 Å². The standard InChI is InChI=1S/C19H24N2O3S/c1-13(2)25(22,23)21-18-10-11-24-19(18)16-8-6-15(7-9-16)17-5-4-14(3)20-12-17/h4-9,12-13,18-19,21H,10-11H2,1-3H3. The van der Waals surface area contributed by atoms with Gasteiger partial charge in [-0.05, 0) is 44.4 Å². The molecule has 1 fully saturated rings. The zero-order valence-corrected chi connectivity index (χ0v) is 15.6. The molecule has 0 aliphatic carbocycles. The lowest BCUT2D eigenvalue weighted by molar-refractivity contribution is 0.102. The predicted molar refractivity (Wildman–Crippen MR) is 98.7 cm³/mol. The number of sulfonamides is 1. The number of hydrogen-bond acceptors (Lipinski definition) is 4. The molecule has 2 unspecified atom stereocenters. The molecule has 5 nitrogen and oxygen atoms in total. The van der Waals surface area contributed by atoms with Crippen LogP contribution < -0.4 is 4.72 Å². The molecule has 0 spiro atoms. The van der Waals surface area contributed by atoms with Gasteiger partial charge in [0.25, 0.3) is 0 Å². The number of rotatable bonds is 5. The van der Waals surface area contributed by atoms with Gasteiger partial charge >= 0.3 is 0 Å². The molecule has 1 aromatic carbocycles. The number of aromatic nitrogens is 1. The van der Waals surface area contributed by atoms with Gasteiger partial charge in [-0.2, -0.15) is 0 Å². The first-order chi connectivity index (χ1) is 11.9. The SMILES string of the molecule is Cc1ccc(-c2ccc(C3OCCC3NS(=O)(=O)C(C)C)cc2)cn1. The summed E-state index contributed by atoms with van der Waals surface area (Å²) < 4.78 is 32.9. The number of nitrogens with zero attached hydrogens (tertiary/aromatic N) is 1. The zero-order chi connectivity index (χ0) is 18.0. The van der Waals surface area contributed by atoms with Crippen LogP contribution in [0.25, 0.3) is 11.1 Å². The highest BCUT2D eigenvalue weighted by Crippen LogP contribution is 2.31. The molecule has 3 rings (SSSR count). The van der Waals surface area contributed by atoms with E-state index in [9.17, 15) is 8.42 Å². The van der Waals surface area contributed by atoms with Crippen molar-refractivity contribution in [3.8, 4) is 11.1 Å². The average molecular weight is 360 g/mol. The van der Waals surface area contributed by atoms with Gasteiger partial charge in [0, 0.05) is 24.1 Å². The van der Waals surface area contributed by atoms with E-state index in [0.717, 1.165) is 22.4 Å². The lowest BCUT2D eigenvalue weighted by atomic mass is 9.99. The fraction of sp³-hybridized carbons (Fsp3) is 0.421. The van der Waals surface area contributed by atoms with E-state index in [4.69, 9.17) is 4.74 Å². The Bertz CT molecular complexity index is 815. The van der Waals surface area contributed by atoms with Gasteiger partial charge in [-0.3, -0.25) is 4.98 Å². The van der Waals surface area contributed by atoms with Crippen LogP contribution in [0.4, 0.5) is 0 Å². The Morgan fingerprint density at radius 1 is 1.12 bits per heavy atom. The van der Waals surface area contributed by atoms with Crippen LogP contribution in [0.5, 0.6) is 0 Å². The summed E-state index contributed by atoms with van der Waals surface area (Å²) in [6, 6.07) is 11.9. The first kappa shape index (κ1) is 18.0. The number of pyridine rings is 1.